The molecule has 0 saturated heterocycles. The van der Waals surface area contributed by atoms with Crippen LogP contribution in [0.1, 0.15) is 20.8 Å². The molecule has 19 heavy (non-hydrogen) atoms. The number of esters is 1. The molecule has 1 aromatic carbocycles. The smallest absolute Gasteiger partial charge is 0.340 e. The molecule has 0 aromatic heterocycles. The molecule has 0 spiro atoms. The van der Waals surface area contributed by atoms with Crippen LogP contribution in [-0.4, -0.2) is 20.8 Å². The van der Waals surface area contributed by atoms with E-state index < -0.39 is 17.0 Å². The van der Waals surface area contributed by atoms with E-state index in [-0.39, 0.29) is 10.9 Å². The van der Waals surface area contributed by atoms with Gasteiger partial charge in [0.25, 0.3) is 0 Å². The molecule has 0 heterocycles. The number of nitrogens with one attached hydrogen (secondary N) is 1. The minimum atomic E-state index is -2.03. The Morgan fingerprint density at radius 1 is 1.37 bits per heavy atom. The molecular weight excluding hydrogens is 266 g/mol. The normalized spacial score (nSPS) is 13.2. The van der Waals surface area contributed by atoms with Crippen molar-refractivity contribution in [3.63, 3.8) is 0 Å². The summed E-state index contributed by atoms with van der Waals surface area (Å²) in [5.41, 5.74) is 0.448. The summed E-state index contributed by atoms with van der Waals surface area (Å²) in [5, 5.41) is 3.00. The first-order valence-corrected chi connectivity index (χ1v) is 6.86. The SMILES string of the molecule is CC(=CNC(C)C)C(=O)Oc1ccc(S(=O)O)cc1. The fraction of sp³-hybridized carbons (Fsp3) is 0.308. The molecule has 0 aliphatic rings. The summed E-state index contributed by atoms with van der Waals surface area (Å²) in [6, 6.07) is 6.06. The van der Waals surface area contributed by atoms with Gasteiger partial charge in [0.15, 0.2) is 11.1 Å². The summed E-state index contributed by atoms with van der Waals surface area (Å²) in [6.45, 7) is 5.57. The number of carbonyl (C=O) groups is 1. The quantitative estimate of drug-likeness (QED) is 0.374. The van der Waals surface area contributed by atoms with Crippen molar-refractivity contribution < 1.29 is 18.3 Å². The number of ether oxygens (including phenoxy) is 1. The van der Waals surface area contributed by atoms with Gasteiger partial charge >= 0.3 is 5.97 Å². The van der Waals surface area contributed by atoms with Gasteiger partial charge in [0.05, 0.1) is 10.5 Å². The van der Waals surface area contributed by atoms with Crippen LogP contribution in [0.3, 0.4) is 0 Å². The van der Waals surface area contributed by atoms with Crippen molar-refractivity contribution in [2.45, 2.75) is 31.7 Å². The van der Waals surface area contributed by atoms with Crippen LogP contribution in [0.25, 0.3) is 0 Å². The number of rotatable bonds is 5. The number of benzene rings is 1. The fourth-order valence-electron chi connectivity index (χ4n) is 1.16. The molecule has 0 saturated carbocycles. The molecular formula is C13H17NO4S. The van der Waals surface area contributed by atoms with Crippen LogP contribution < -0.4 is 10.1 Å². The topological polar surface area (TPSA) is 75.6 Å². The second-order valence-electron chi connectivity index (χ2n) is 4.26. The third-order valence-electron chi connectivity index (χ3n) is 2.19. The van der Waals surface area contributed by atoms with E-state index in [1.807, 2.05) is 13.8 Å². The van der Waals surface area contributed by atoms with Crippen molar-refractivity contribution in [1.29, 1.82) is 0 Å². The lowest BCUT2D eigenvalue weighted by atomic mass is 10.3. The molecule has 1 aromatic rings. The second kappa shape index (κ2) is 7.06. The lowest BCUT2D eigenvalue weighted by Crippen LogP contribution is -2.19. The molecule has 2 N–H and O–H groups in total. The Morgan fingerprint density at radius 2 is 1.95 bits per heavy atom. The maximum atomic E-state index is 11.7. The first kappa shape index (κ1) is 15.4. The van der Waals surface area contributed by atoms with E-state index in [9.17, 15) is 9.00 Å². The van der Waals surface area contributed by atoms with Gasteiger partial charge in [0.2, 0.25) is 0 Å². The zero-order chi connectivity index (χ0) is 14.4. The molecule has 0 fully saturated rings. The van der Waals surface area contributed by atoms with E-state index in [4.69, 9.17) is 9.29 Å². The molecule has 0 aliphatic heterocycles. The van der Waals surface area contributed by atoms with E-state index in [0.717, 1.165) is 0 Å². The number of hydrogen-bond acceptors (Lipinski definition) is 4. The standard InChI is InChI=1S/C13H17NO4S/c1-9(2)14-8-10(3)13(15)18-11-4-6-12(7-5-11)19(16)17/h4-9,14H,1-3H3,(H,16,17). The largest absolute Gasteiger partial charge is 0.423 e. The summed E-state index contributed by atoms with van der Waals surface area (Å²) >= 11 is -2.03. The first-order valence-electron chi connectivity index (χ1n) is 5.76. The van der Waals surface area contributed by atoms with Crippen LogP contribution in [0.5, 0.6) is 5.75 Å². The van der Waals surface area contributed by atoms with Gasteiger partial charge in [-0.25, -0.2) is 9.00 Å². The van der Waals surface area contributed by atoms with Crippen LogP contribution in [0.2, 0.25) is 0 Å². The van der Waals surface area contributed by atoms with Gasteiger partial charge in [-0.05, 0) is 45.0 Å². The number of carbonyl (C=O) groups excluding carboxylic acids is 1. The third kappa shape index (κ3) is 5.23. The predicted octanol–water partition coefficient (Wildman–Crippen LogP) is 2.07. The minimum Gasteiger partial charge on any atom is -0.423 e. The Bertz CT molecular complexity index is 494. The van der Waals surface area contributed by atoms with Gasteiger partial charge < -0.3 is 14.6 Å². The average Bonchev–Trinajstić information content (AvgIpc) is 2.36. The van der Waals surface area contributed by atoms with E-state index in [1.165, 1.54) is 24.3 Å². The maximum Gasteiger partial charge on any atom is 0.340 e. The fourth-order valence-corrected chi connectivity index (χ4v) is 1.53. The van der Waals surface area contributed by atoms with Crippen molar-refractivity contribution in [1.82, 2.24) is 5.32 Å². The maximum absolute atomic E-state index is 11.7. The summed E-state index contributed by atoms with van der Waals surface area (Å²) in [5.74, 6) is -0.137. The zero-order valence-corrected chi connectivity index (χ0v) is 11.9. The molecule has 0 amide bonds. The molecule has 1 atom stereocenters. The molecule has 1 rings (SSSR count). The van der Waals surface area contributed by atoms with E-state index in [2.05, 4.69) is 5.32 Å². The van der Waals surface area contributed by atoms with Crippen LogP contribution in [0.15, 0.2) is 40.9 Å². The molecule has 0 aliphatic carbocycles. The Kier molecular flexibility index (Phi) is 5.72. The van der Waals surface area contributed by atoms with Crippen molar-refractivity contribution in [2.24, 2.45) is 0 Å². The van der Waals surface area contributed by atoms with Crippen LogP contribution in [0, 0.1) is 0 Å². The van der Waals surface area contributed by atoms with Crippen molar-refractivity contribution in [2.75, 3.05) is 0 Å². The highest BCUT2D eigenvalue weighted by Gasteiger charge is 2.08. The van der Waals surface area contributed by atoms with Crippen molar-refractivity contribution in [3.05, 3.63) is 36.0 Å². The van der Waals surface area contributed by atoms with Gasteiger partial charge in [-0.2, -0.15) is 0 Å². The molecule has 0 bridgehead atoms. The van der Waals surface area contributed by atoms with Gasteiger partial charge in [-0.1, -0.05) is 0 Å². The van der Waals surface area contributed by atoms with Gasteiger partial charge in [-0.3, -0.25) is 0 Å². The molecule has 0 radical (unpaired) electrons. The Morgan fingerprint density at radius 3 is 2.42 bits per heavy atom. The van der Waals surface area contributed by atoms with Crippen LogP contribution in [-0.2, 0) is 15.9 Å². The highest BCUT2D eigenvalue weighted by Crippen LogP contribution is 2.15. The zero-order valence-electron chi connectivity index (χ0n) is 11.0. The molecule has 104 valence electrons. The monoisotopic (exact) mass is 283 g/mol. The highest BCUT2D eigenvalue weighted by molar-refractivity contribution is 7.79. The van der Waals surface area contributed by atoms with Crippen LogP contribution >= 0.6 is 0 Å². The van der Waals surface area contributed by atoms with Gasteiger partial charge in [0, 0.05) is 12.2 Å². The van der Waals surface area contributed by atoms with E-state index in [1.54, 1.807) is 13.1 Å². The third-order valence-corrected chi connectivity index (χ3v) is 2.87. The summed E-state index contributed by atoms with van der Waals surface area (Å²) in [7, 11) is 0. The van der Waals surface area contributed by atoms with Gasteiger partial charge in [0.1, 0.15) is 5.75 Å². The van der Waals surface area contributed by atoms with Gasteiger partial charge in [-0.15, -0.1) is 0 Å². The predicted molar refractivity (Wildman–Crippen MR) is 73.1 cm³/mol. The van der Waals surface area contributed by atoms with Crippen molar-refractivity contribution >= 4 is 17.0 Å². The van der Waals surface area contributed by atoms with Crippen molar-refractivity contribution in [3.8, 4) is 5.75 Å². The average molecular weight is 283 g/mol. The first-order chi connectivity index (χ1) is 8.90. The molecule has 6 heteroatoms. The molecule has 5 nitrogen and oxygen atoms in total. The van der Waals surface area contributed by atoms with Crippen LogP contribution in [0.4, 0.5) is 0 Å². The Labute approximate surface area is 114 Å². The lowest BCUT2D eigenvalue weighted by Gasteiger charge is -2.07. The summed E-state index contributed by atoms with van der Waals surface area (Å²) in [4.78, 5) is 12.0. The Hall–Kier alpha value is -1.66. The Balaban J connectivity index is 2.66. The molecule has 1 unspecified atom stereocenters. The highest BCUT2D eigenvalue weighted by atomic mass is 32.2. The summed E-state index contributed by atoms with van der Waals surface area (Å²) in [6.07, 6.45) is 1.60. The summed E-state index contributed by atoms with van der Waals surface area (Å²) < 4.78 is 24.7. The number of hydrogen-bond donors (Lipinski definition) is 2. The minimum absolute atomic E-state index is 0.238. The lowest BCUT2D eigenvalue weighted by molar-refractivity contribution is -0.130. The second-order valence-corrected chi connectivity index (χ2v) is 5.23. The van der Waals surface area contributed by atoms with E-state index >= 15 is 0 Å². The van der Waals surface area contributed by atoms with E-state index in [0.29, 0.717) is 11.3 Å².